The SMILES string of the molecule is CN(Cc1cccc2cc[nH]c12)C(=O)C(=O)N1CC2CCCN2c2ccccc21. The molecule has 2 amide bonds. The van der Waals surface area contributed by atoms with E-state index >= 15 is 0 Å². The summed E-state index contributed by atoms with van der Waals surface area (Å²) in [5.41, 5.74) is 3.90. The molecule has 0 spiro atoms. The van der Waals surface area contributed by atoms with Crippen LogP contribution in [0.25, 0.3) is 10.9 Å². The highest BCUT2D eigenvalue weighted by Gasteiger charge is 2.38. The van der Waals surface area contributed by atoms with Gasteiger partial charge >= 0.3 is 11.8 Å². The van der Waals surface area contributed by atoms with E-state index in [4.69, 9.17) is 0 Å². The molecule has 0 bridgehead atoms. The van der Waals surface area contributed by atoms with Gasteiger partial charge in [0.1, 0.15) is 0 Å². The van der Waals surface area contributed by atoms with Crippen LogP contribution in [0, 0.1) is 0 Å². The summed E-state index contributed by atoms with van der Waals surface area (Å²) in [4.78, 5) is 35.0. The van der Waals surface area contributed by atoms with E-state index in [1.54, 1.807) is 11.9 Å². The van der Waals surface area contributed by atoms with Crippen LogP contribution in [0.15, 0.2) is 54.7 Å². The Bertz CT molecular complexity index is 1090. The van der Waals surface area contributed by atoms with Gasteiger partial charge in [-0.25, -0.2) is 0 Å². The molecule has 0 saturated carbocycles. The topological polar surface area (TPSA) is 59.7 Å². The monoisotopic (exact) mass is 388 g/mol. The number of H-pyrrole nitrogens is 1. The third kappa shape index (κ3) is 2.95. The van der Waals surface area contributed by atoms with Gasteiger partial charge in [0.25, 0.3) is 0 Å². The summed E-state index contributed by atoms with van der Waals surface area (Å²) in [6.45, 7) is 1.97. The van der Waals surface area contributed by atoms with E-state index in [0.717, 1.165) is 47.2 Å². The smallest absolute Gasteiger partial charge is 0.316 e. The molecule has 0 aliphatic carbocycles. The van der Waals surface area contributed by atoms with Crippen LogP contribution in [0.5, 0.6) is 0 Å². The fraction of sp³-hybridized carbons (Fsp3) is 0.304. The van der Waals surface area contributed by atoms with Gasteiger partial charge < -0.3 is 19.7 Å². The molecule has 2 aliphatic heterocycles. The van der Waals surface area contributed by atoms with E-state index in [2.05, 4.69) is 9.88 Å². The maximum Gasteiger partial charge on any atom is 0.316 e. The minimum Gasteiger partial charge on any atom is -0.365 e. The summed E-state index contributed by atoms with van der Waals surface area (Å²) in [5.74, 6) is -0.931. The normalized spacial score (nSPS) is 17.9. The third-order valence-corrected chi connectivity index (χ3v) is 6.11. The summed E-state index contributed by atoms with van der Waals surface area (Å²) in [5, 5.41) is 1.10. The van der Waals surface area contributed by atoms with Crippen molar-refractivity contribution in [1.29, 1.82) is 0 Å². The van der Waals surface area contributed by atoms with Gasteiger partial charge in [0.15, 0.2) is 0 Å². The van der Waals surface area contributed by atoms with Crippen LogP contribution in [-0.4, -0.2) is 47.9 Å². The van der Waals surface area contributed by atoms with E-state index < -0.39 is 11.8 Å². The van der Waals surface area contributed by atoms with E-state index in [1.165, 1.54) is 4.90 Å². The number of aromatic nitrogens is 1. The number of aromatic amines is 1. The lowest BCUT2D eigenvalue weighted by atomic mass is 10.1. The van der Waals surface area contributed by atoms with Crippen LogP contribution in [0.3, 0.4) is 0 Å². The number of carbonyl (C=O) groups excluding carboxylic acids is 2. The highest BCUT2D eigenvalue weighted by molar-refractivity contribution is 6.40. The average Bonchev–Trinajstić information content (AvgIpc) is 3.42. The first-order valence-electron chi connectivity index (χ1n) is 10.1. The highest BCUT2D eigenvalue weighted by Crippen LogP contribution is 2.39. The van der Waals surface area contributed by atoms with Crippen molar-refractivity contribution >= 4 is 34.1 Å². The van der Waals surface area contributed by atoms with Crippen LogP contribution in [0.2, 0.25) is 0 Å². The number of likely N-dealkylation sites (N-methyl/N-ethyl adjacent to an activating group) is 1. The Balaban J connectivity index is 1.39. The largest absolute Gasteiger partial charge is 0.365 e. The van der Waals surface area contributed by atoms with Gasteiger partial charge in [0.05, 0.1) is 16.9 Å². The molecule has 3 aromatic rings. The Hall–Kier alpha value is -3.28. The molecule has 1 atom stereocenters. The second-order valence-electron chi connectivity index (χ2n) is 7.91. The first kappa shape index (κ1) is 17.8. The zero-order chi connectivity index (χ0) is 20.0. The Kier molecular flexibility index (Phi) is 4.27. The number of para-hydroxylation sites is 3. The molecule has 6 heteroatoms. The van der Waals surface area contributed by atoms with Crippen molar-refractivity contribution in [2.75, 3.05) is 29.9 Å². The van der Waals surface area contributed by atoms with Crippen LogP contribution in [0.4, 0.5) is 11.4 Å². The molecule has 1 N–H and O–H groups in total. The number of rotatable bonds is 2. The zero-order valence-corrected chi connectivity index (χ0v) is 16.5. The molecule has 0 radical (unpaired) electrons. The number of anilines is 2. The van der Waals surface area contributed by atoms with Crippen molar-refractivity contribution in [2.24, 2.45) is 0 Å². The Morgan fingerprint density at radius 3 is 2.79 bits per heavy atom. The summed E-state index contributed by atoms with van der Waals surface area (Å²) in [6.07, 6.45) is 4.06. The molecular weight excluding hydrogens is 364 g/mol. The molecule has 6 nitrogen and oxygen atoms in total. The van der Waals surface area contributed by atoms with Crippen molar-refractivity contribution < 1.29 is 9.59 Å². The summed E-state index contributed by atoms with van der Waals surface area (Å²) in [7, 11) is 1.69. The number of nitrogens with one attached hydrogen (secondary N) is 1. The number of nitrogens with zero attached hydrogens (tertiary/aromatic N) is 3. The molecule has 1 aromatic heterocycles. The molecule has 2 aliphatic rings. The summed E-state index contributed by atoms with van der Waals surface area (Å²) < 4.78 is 0. The fourth-order valence-corrected chi connectivity index (χ4v) is 4.67. The lowest BCUT2D eigenvalue weighted by Gasteiger charge is -2.40. The Labute approximate surface area is 169 Å². The molecule has 29 heavy (non-hydrogen) atoms. The molecule has 2 aromatic carbocycles. The van der Waals surface area contributed by atoms with E-state index in [9.17, 15) is 9.59 Å². The lowest BCUT2D eigenvalue weighted by molar-refractivity contribution is -0.143. The maximum atomic E-state index is 13.2. The molecule has 148 valence electrons. The van der Waals surface area contributed by atoms with E-state index in [-0.39, 0.29) is 0 Å². The summed E-state index contributed by atoms with van der Waals surface area (Å²) in [6, 6.07) is 16.2. The van der Waals surface area contributed by atoms with Crippen LogP contribution < -0.4 is 9.80 Å². The zero-order valence-electron chi connectivity index (χ0n) is 16.5. The van der Waals surface area contributed by atoms with Gasteiger partial charge in [-0.05, 0) is 42.0 Å². The standard InChI is InChI=1S/C23H24N4O2/c1-25(14-17-7-4-6-16-11-12-24-21(16)17)22(28)23(29)27-15-18-8-5-13-26(18)19-9-2-3-10-20(19)27/h2-4,6-7,9-12,18,24H,5,8,13-15H2,1H3. The van der Waals surface area contributed by atoms with Crippen molar-refractivity contribution in [2.45, 2.75) is 25.4 Å². The van der Waals surface area contributed by atoms with Crippen molar-refractivity contribution in [3.63, 3.8) is 0 Å². The first-order chi connectivity index (χ1) is 14.1. The first-order valence-corrected chi connectivity index (χ1v) is 10.1. The Morgan fingerprint density at radius 2 is 1.93 bits per heavy atom. The highest BCUT2D eigenvalue weighted by atomic mass is 16.2. The van der Waals surface area contributed by atoms with Crippen LogP contribution >= 0.6 is 0 Å². The van der Waals surface area contributed by atoms with Crippen LogP contribution in [0.1, 0.15) is 18.4 Å². The predicted octanol–water partition coefficient (Wildman–Crippen LogP) is 3.14. The fourth-order valence-electron chi connectivity index (χ4n) is 4.67. The number of hydrogen-bond acceptors (Lipinski definition) is 3. The van der Waals surface area contributed by atoms with Gasteiger partial charge in [0, 0.05) is 38.9 Å². The molecule has 5 rings (SSSR count). The van der Waals surface area contributed by atoms with Crippen molar-refractivity contribution in [3.05, 3.63) is 60.3 Å². The van der Waals surface area contributed by atoms with E-state index in [0.29, 0.717) is 19.1 Å². The predicted molar refractivity (Wildman–Crippen MR) is 114 cm³/mol. The van der Waals surface area contributed by atoms with Gasteiger partial charge in [-0.1, -0.05) is 30.3 Å². The minimum absolute atomic E-state index is 0.291. The lowest BCUT2D eigenvalue weighted by Crippen LogP contribution is -2.52. The number of benzene rings is 2. The minimum atomic E-state index is -0.477. The quantitative estimate of drug-likeness (QED) is 0.686. The van der Waals surface area contributed by atoms with Crippen molar-refractivity contribution in [1.82, 2.24) is 9.88 Å². The summed E-state index contributed by atoms with van der Waals surface area (Å²) >= 11 is 0. The molecule has 1 unspecified atom stereocenters. The molecule has 1 fully saturated rings. The van der Waals surface area contributed by atoms with E-state index in [1.807, 2.05) is 54.7 Å². The molecule has 1 saturated heterocycles. The van der Waals surface area contributed by atoms with Gasteiger partial charge in [-0.3, -0.25) is 9.59 Å². The van der Waals surface area contributed by atoms with Crippen molar-refractivity contribution in [3.8, 4) is 0 Å². The number of carbonyl (C=O) groups is 2. The maximum absolute atomic E-state index is 13.2. The number of hydrogen-bond donors (Lipinski definition) is 1. The number of fused-ring (bicyclic) bond motifs is 4. The average molecular weight is 388 g/mol. The van der Waals surface area contributed by atoms with Gasteiger partial charge in [-0.15, -0.1) is 0 Å². The second kappa shape index (κ2) is 6.95. The molecule has 3 heterocycles. The molecular formula is C23H24N4O2. The van der Waals surface area contributed by atoms with Gasteiger partial charge in [-0.2, -0.15) is 0 Å². The van der Waals surface area contributed by atoms with Gasteiger partial charge in [0.2, 0.25) is 0 Å². The third-order valence-electron chi connectivity index (χ3n) is 6.11. The Morgan fingerprint density at radius 1 is 1.10 bits per heavy atom. The second-order valence-corrected chi connectivity index (χ2v) is 7.91. The van der Waals surface area contributed by atoms with Crippen LogP contribution in [-0.2, 0) is 16.1 Å². The number of amides is 2.